The quantitative estimate of drug-likeness (QED) is 0.844. The van der Waals surface area contributed by atoms with Gasteiger partial charge in [0.2, 0.25) is 11.4 Å². The smallest absolute Gasteiger partial charge is 0.422 e. The van der Waals surface area contributed by atoms with Crippen LogP contribution in [0.25, 0.3) is 0 Å². The number of aliphatic carboxylic acids is 1. The number of alkyl halides is 3. The number of carboxylic acids is 1. The second kappa shape index (κ2) is 6.84. The van der Waals surface area contributed by atoms with Gasteiger partial charge < -0.3 is 10.4 Å². The Hall–Kier alpha value is -1.70. The monoisotopic (exact) mass is 321 g/mol. The second-order valence-electron chi connectivity index (χ2n) is 4.45. The third-order valence-electron chi connectivity index (χ3n) is 2.73. The number of hydrogen-bond donors (Lipinski definition) is 2. The lowest BCUT2D eigenvalue weighted by atomic mass is 10.0. The number of rotatable bonds is 6. The Labute approximate surface area is 123 Å². The SMILES string of the molecule is CC(NC(=O)CSCc1ccccc1)(C(=O)O)C(F)(F)F. The molecule has 8 heteroatoms. The molecule has 0 aliphatic rings. The lowest BCUT2D eigenvalue weighted by Crippen LogP contribution is -2.62. The Morgan fingerprint density at radius 2 is 1.81 bits per heavy atom. The van der Waals surface area contributed by atoms with Crippen LogP contribution >= 0.6 is 11.8 Å². The highest BCUT2D eigenvalue weighted by Crippen LogP contribution is 2.30. The molecule has 0 fully saturated rings. The Balaban J connectivity index is 2.54. The number of nitrogens with one attached hydrogen (secondary N) is 1. The minimum Gasteiger partial charge on any atom is -0.479 e. The summed E-state index contributed by atoms with van der Waals surface area (Å²) in [4.78, 5) is 22.3. The number of benzene rings is 1. The minimum atomic E-state index is -5.07. The van der Waals surface area contributed by atoms with Gasteiger partial charge in [0.1, 0.15) is 0 Å². The van der Waals surface area contributed by atoms with Gasteiger partial charge in [-0.1, -0.05) is 30.3 Å². The van der Waals surface area contributed by atoms with E-state index in [1.807, 2.05) is 18.2 Å². The molecule has 1 rings (SSSR count). The van der Waals surface area contributed by atoms with E-state index in [-0.39, 0.29) is 5.75 Å². The molecule has 0 aromatic heterocycles. The first-order valence-corrected chi connectivity index (χ1v) is 7.05. The van der Waals surface area contributed by atoms with E-state index in [1.54, 1.807) is 12.1 Å². The Morgan fingerprint density at radius 3 is 2.29 bits per heavy atom. The summed E-state index contributed by atoms with van der Waals surface area (Å²) >= 11 is 1.11. The third kappa shape index (κ3) is 4.66. The van der Waals surface area contributed by atoms with Gasteiger partial charge >= 0.3 is 12.1 Å². The van der Waals surface area contributed by atoms with Crippen molar-refractivity contribution in [2.45, 2.75) is 24.4 Å². The molecule has 0 saturated heterocycles. The maximum Gasteiger partial charge on any atom is 0.422 e. The first-order valence-electron chi connectivity index (χ1n) is 5.89. The van der Waals surface area contributed by atoms with Crippen molar-refractivity contribution in [3.8, 4) is 0 Å². The first kappa shape index (κ1) is 17.4. The lowest BCUT2D eigenvalue weighted by Gasteiger charge is -2.28. The van der Waals surface area contributed by atoms with Crippen LogP contribution in [0.1, 0.15) is 12.5 Å². The zero-order valence-corrected chi connectivity index (χ0v) is 11.9. The number of carbonyl (C=O) groups excluding carboxylic acids is 1. The average molecular weight is 321 g/mol. The molecule has 1 atom stereocenters. The van der Waals surface area contributed by atoms with E-state index in [2.05, 4.69) is 0 Å². The molecule has 1 unspecified atom stereocenters. The van der Waals surface area contributed by atoms with Gasteiger partial charge in [-0.05, 0) is 12.5 Å². The van der Waals surface area contributed by atoms with Crippen molar-refractivity contribution in [1.29, 1.82) is 0 Å². The standard InChI is InChI=1S/C13H14F3NO3S/c1-12(11(19)20,13(14,15)16)17-10(18)8-21-7-9-5-3-2-4-6-9/h2-6H,7-8H2,1H3,(H,17,18)(H,19,20). The van der Waals surface area contributed by atoms with Crippen LogP contribution in [0.15, 0.2) is 30.3 Å². The van der Waals surface area contributed by atoms with E-state index < -0.39 is 23.6 Å². The fourth-order valence-electron chi connectivity index (χ4n) is 1.40. The number of carboxylic acid groups (broad SMARTS) is 1. The summed E-state index contributed by atoms with van der Waals surface area (Å²) in [7, 11) is 0. The predicted octanol–water partition coefficient (Wildman–Crippen LogP) is 2.44. The topological polar surface area (TPSA) is 66.4 Å². The van der Waals surface area contributed by atoms with Gasteiger partial charge in [-0.2, -0.15) is 13.2 Å². The molecule has 0 heterocycles. The zero-order chi connectivity index (χ0) is 16.1. The van der Waals surface area contributed by atoms with Crippen molar-refractivity contribution in [2.24, 2.45) is 0 Å². The molecule has 116 valence electrons. The molecule has 0 aliphatic carbocycles. The van der Waals surface area contributed by atoms with Gasteiger partial charge in [-0.25, -0.2) is 4.79 Å². The molecule has 0 bridgehead atoms. The van der Waals surface area contributed by atoms with Gasteiger partial charge in [0.05, 0.1) is 5.75 Å². The fraction of sp³-hybridized carbons (Fsp3) is 0.385. The summed E-state index contributed by atoms with van der Waals surface area (Å²) in [6.07, 6.45) is -5.07. The molecular formula is C13H14F3NO3S. The highest BCUT2D eigenvalue weighted by Gasteiger charge is 2.58. The van der Waals surface area contributed by atoms with Crippen LogP contribution in [0.4, 0.5) is 13.2 Å². The molecule has 2 N–H and O–H groups in total. The van der Waals surface area contributed by atoms with E-state index in [0.717, 1.165) is 17.3 Å². The number of amides is 1. The van der Waals surface area contributed by atoms with Gasteiger partial charge in [0, 0.05) is 5.75 Å². The van der Waals surface area contributed by atoms with Crippen molar-refractivity contribution >= 4 is 23.6 Å². The molecule has 0 spiro atoms. The normalized spacial score (nSPS) is 14.3. The largest absolute Gasteiger partial charge is 0.479 e. The van der Waals surface area contributed by atoms with E-state index in [0.29, 0.717) is 12.7 Å². The molecule has 1 amide bonds. The molecule has 0 aliphatic heterocycles. The summed E-state index contributed by atoms with van der Waals surface area (Å²) in [5.41, 5.74) is -2.36. The molecule has 4 nitrogen and oxygen atoms in total. The third-order valence-corrected chi connectivity index (χ3v) is 3.73. The molecule has 1 aromatic rings. The van der Waals surface area contributed by atoms with Gasteiger partial charge in [-0.15, -0.1) is 11.8 Å². The molecular weight excluding hydrogens is 307 g/mol. The van der Waals surface area contributed by atoms with Crippen molar-refractivity contribution in [2.75, 3.05) is 5.75 Å². The van der Waals surface area contributed by atoms with Crippen molar-refractivity contribution in [3.05, 3.63) is 35.9 Å². The van der Waals surface area contributed by atoms with E-state index in [1.165, 1.54) is 5.32 Å². The summed E-state index contributed by atoms with van der Waals surface area (Å²) in [6.45, 7) is 0.426. The van der Waals surface area contributed by atoms with E-state index in [9.17, 15) is 22.8 Å². The molecule has 1 aromatic carbocycles. The number of thioether (sulfide) groups is 1. The number of halogens is 3. The van der Waals surface area contributed by atoms with Gasteiger partial charge in [0.15, 0.2) is 0 Å². The fourth-order valence-corrected chi connectivity index (χ4v) is 2.18. The summed E-state index contributed by atoms with van der Waals surface area (Å²) in [6, 6.07) is 9.08. The summed E-state index contributed by atoms with van der Waals surface area (Å²) in [5, 5.41) is 10.2. The van der Waals surface area contributed by atoms with Crippen LogP contribution in [0, 0.1) is 0 Å². The van der Waals surface area contributed by atoms with Crippen molar-refractivity contribution in [3.63, 3.8) is 0 Å². The van der Waals surface area contributed by atoms with E-state index >= 15 is 0 Å². The average Bonchev–Trinajstić information content (AvgIpc) is 2.38. The lowest BCUT2D eigenvalue weighted by molar-refractivity contribution is -0.206. The van der Waals surface area contributed by atoms with Crippen LogP contribution in [0.5, 0.6) is 0 Å². The highest BCUT2D eigenvalue weighted by molar-refractivity contribution is 7.99. The van der Waals surface area contributed by atoms with Crippen LogP contribution in [0.2, 0.25) is 0 Å². The van der Waals surface area contributed by atoms with Crippen LogP contribution in [-0.2, 0) is 15.3 Å². The molecule has 0 saturated carbocycles. The number of hydrogen-bond acceptors (Lipinski definition) is 3. The molecule has 0 radical (unpaired) electrons. The predicted molar refractivity (Wildman–Crippen MR) is 72.8 cm³/mol. The Kier molecular flexibility index (Phi) is 5.65. The van der Waals surface area contributed by atoms with Gasteiger partial charge in [0.25, 0.3) is 0 Å². The first-order chi connectivity index (χ1) is 9.67. The highest BCUT2D eigenvalue weighted by atomic mass is 32.2. The van der Waals surface area contributed by atoms with Crippen LogP contribution < -0.4 is 5.32 Å². The maximum absolute atomic E-state index is 12.7. The van der Waals surface area contributed by atoms with E-state index in [4.69, 9.17) is 5.11 Å². The van der Waals surface area contributed by atoms with Gasteiger partial charge in [-0.3, -0.25) is 4.79 Å². The zero-order valence-electron chi connectivity index (χ0n) is 11.1. The van der Waals surface area contributed by atoms with Crippen molar-refractivity contribution < 1.29 is 27.9 Å². The summed E-state index contributed by atoms with van der Waals surface area (Å²) in [5.74, 6) is -2.92. The summed E-state index contributed by atoms with van der Waals surface area (Å²) < 4.78 is 38.1. The second-order valence-corrected chi connectivity index (χ2v) is 5.44. The molecule has 21 heavy (non-hydrogen) atoms. The number of carbonyl (C=O) groups is 2. The minimum absolute atomic E-state index is 0.256. The Bertz CT molecular complexity index is 507. The van der Waals surface area contributed by atoms with Crippen LogP contribution in [-0.4, -0.2) is 34.5 Å². The van der Waals surface area contributed by atoms with Crippen molar-refractivity contribution in [1.82, 2.24) is 5.32 Å². The van der Waals surface area contributed by atoms with Crippen LogP contribution in [0.3, 0.4) is 0 Å². The Morgan fingerprint density at radius 1 is 1.24 bits per heavy atom. The maximum atomic E-state index is 12.7.